The van der Waals surface area contributed by atoms with Gasteiger partial charge in [0, 0.05) is 24.9 Å². The molecular weight excluding hydrogens is 236 g/mol. The zero-order valence-electron chi connectivity index (χ0n) is 10.3. The smallest absolute Gasteiger partial charge is 0.303 e. The van der Waals surface area contributed by atoms with Crippen LogP contribution in [0.1, 0.15) is 32.4 Å². The predicted octanol–water partition coefficient (Wildman–Crippen LogP) is 2.40. The summed E-state index contributed by atoms with van der Waals surface area (Å²) in [4.78, 5) is 17.3. The number of aliphatic carboxylic acids is 1. The standard InChI is InChI=1S/C12H18N2O2S/c1-12(2)5-6-14(8-12)11-13-9(7-17-11)3-4-10(15)16/h7H,3-6,8H2,1-2H3,(H,15,16). The van der Waals surface area contributed by atoms with Crippen molar-refractivity contribution in [3.05, 3.63) is 11.1 Å². The summed E-state index contributed by atoms with van der Waals surface area (Å²) in [7, 11) is 0. The maximum absolute atomic E-state index is 10.5. The number of anilines is 1. The highest BCUT2D eigenvalue weighted by Gasteiger charge is 2.30. The van der Waals surface area contributed by atoms with E-state index in [1.165, 1.54) is 6.42 Å². The van der Waals surface area contributed by atoms with Gasteiger partial charge >= 0.3 is 5.97 Å². The Kier molecular flexibility index (Phi) is 3.38. The minimum atomic E-state index is -0.762. The summed E-state index contributed by atoms with van der Waals surface area (Å²) in [5, 5.41) is 11.6. The van der Waals surface area contributed by atoms with E-state index < -0.39 is 5.97 Å². The monoisotopic (exact) mass is 254 g/mol. The first kappa shape index (κ1) is 12.4. The van der Waals surface area contributed by atoms with E-state index in [1.54, 1.807) is 11.3 Å². The number of aromatic nitrogens is 1. The van der Waals surface area contributed by atoms with Crippen LogP contribution in [0.5, 0.6) is 0 Å². The second-order valence-corrected chi connectivity index (χ2v) is 6.19. The van der Waals surface area contributed by atoms with Crippen molar-refractivity contribution in [3.63, 3.8) is 0 Å². The van der Waals surface area contributed by atoms with Crippen LogP contribution in [0.15, 0.2) is 5.38 Å². The van der Waals surface area contributed by atoms with Crippen molar-refractivity contribution < 1.29 is 9.90 Å². The highest BCUT2D eigenvalue weighted by molar-refractivity contribution is 7.13. The first-order valence-corrected chi connectivity index (χ1v) is 6.75. The van der Waals surface area contributed by atoms with Gasteiger partial charge < -0.3 is 10.0 Å². The van der Waals surface area contributed by atoms with E-state index in [9.17, 15) is 4.79 Å². The number of hydrogen-bond acceptors (Lipinski definition) is 4. The van der Waals surface area contributed by atoms with E-state index in [4.69, 9.17) is 5.11 Å². The lowest BCUT2D eigenvalue weighted by Gasteiger charge is -2.18. The molecule has 5 heteroatoms. The Labute approximate surface area is 105 Å². The quantitative estimate of drug-likeness (QED) is 0.896. The Morgan fingerprint density at radius 1 is 1.65 bits per heavy atom. The van der Waals surface area contributed by atoms with E-state index in [1.807, 2.05) is 5.38 Å². The lowest BCUT2D eigenvalue weighted by Crippen LogP contribution is -2.22. The fourth-order valence-corrected chi connectivity index (χ4v) is 2.95. The highest BCUT2D eigenvalue weighted by Crippen LogP contribution is 2.33. The Hall–Kier alpha value is -1.10. The van der Waals surface area contributed by atoms with Crippen LogP contribution in [0.2, 0.25) is 0 Å². The molecule has 0 radical (unpaired) electrons. The van der Waals surface area contributed by atoms with Crippen molar-refractivity contribution in [2.24, 2.45) is 5.41 Å². The molecule has 1 N–H and O–H groups in total. The van der Waals surface area contributed by atoms with Crippen molar-refractivity contribution >= 4 is 22.4 Å². The minimum Gasteiger partial charge on any atom is -0.481 e. The molecule has 0 aromatic carbocycles. The molecule has 2 heterocycles. The summed E-state index contributed by atoms with van der Waals surface area (Å²) < 4.78 is 0. The molecule has 0 saturated carbocycles. The van der Waals surface area contributed by atoms with E-state index in [-0.39, 0.29) is 6.42 Å². The second kappa shape index (κ2) is 4.64. The van der Waals surface area contributed by atoms with Crippen LogP contribution < -0.4 is 4.90 Å². The number of aryl methyl sites for hydroxylation is 1. The molecule has 1 aliphatic rings. The Balaban J connectivity index is 1.97. The zero-order chi connectivity index (χ0) is 12.5. The topological polar surface area (TPSA) is 53.4 Å². The number of hydrogen-bond donors (Lipinski definition) is 1. The number of carboxylic acid groups (broad SMARTS) is 1. The Morgan fingerprint density at radius 2 is 2.41 bits per heavy atom. The molecule has 0 amide bonds. The van der Waals surface area contributed by atoms with Crippen LogP contribution in [-0.2, 0) is 11.2 Å². The van der Waals surface area contributed by atoms with E-state index >= 15 is 0 Å². The van der Waals surface area contributed by atoms with Gasteiger partial charge in [0.05, 0.1) is 12.1 Å². The third-order valence-electron chi connectivity index (χ3n) is 3.08. The molecule has 1 aromatic rings. The van der Waals surface area contributed by atoms with Crippen molar-refractivity contribution in [2.75, 3.05) is 18.0 Å². The van der Waals surface area contributed by atoms with Gasteiger partial charge in [0.25, 0.3) is 0 Å². The summed E-state index contributed by atoms with van der Waals surface area (Å²) in [6.45, 7) is 6.63. The molecule has 0 spiro atoms. The minimum absolute atomic E-state index is 0.161. The summed E-state index contributed by atoms with van der Waals surface area (Å²) >= 11 is 1.62. The van der Waals surface area contributed by atoms with Crippen LogP contribution >= 0.6 is 11.3 Å². The average Bonchev–Trinajstić information content (AvgIpc) is 2.81. The largest absolute Gasteiger partial charge is 0.481 e. The molecule has 4 nitrogen and oxygen atoms in total. The molecule has 0 atom stereocenters. The van der Waals surface area contributed by atoms with Crippen molar-refractivity contribution in [3.8, 4) is 0 Å². The van der Waals surface area contributed by atoms with Gasteiger partial charge in [-0.05, 0) is 11.8 Å². The van der Waals surface area contributed by atoms with Crippen LogP contribution in [0.3, 0.4) is 0 Å². The highest BCUT2D eigenvalue weighted by atomic mass is 32.1. The fourth-order valence-electron chi connectivity index (χ4n) is 2.07. The van der Waals surface area contributed by atoms with Gasteiger partial charge in [-0.15, -0.1) is 11.3 Å². The van der Waals surface area contributed by atoms with Gasteiger partial charge in [-0.1, -0.05) is 13.8 Å². The van der Waals surface area contributed by atoms with Crippen LogP contribution in [0, 0.1) is 5.41 Å². The van der Waals surface area contributed by atoms with Crippen LogP contribution in [0.25, 0.3) is 0 Å². The van der Waals surface area contributed by atoms with Crippen molar-refractivity contribution in [1.29, 1.82) is 0 Å². The maximum Gasteiger partial charge on any atom is 0.303 e. The third-order valence-corrected chi connectivity index (χ3v) is 4.03. The lowest BCUT2D eigenvalue weighted by molar-refractivity contribution is -0.136. The summed E-state index contributed by atoms with van der Waals surface area (Å²) in [6, 6.07) is 0. The molecule has 0 aliphatic carbocycles. The van der Waals surface area contributed by atoms with Gasteiger partial charge in [0.15, 0.2) is 5.13 Å². The molecule has 17 heavy (non-hydrogen) atoms. The molecule has 1 aliphatic heterocycles. The summed E-state index contributed by atoms with van der Waals surface area (Å²) in [5.74, 6) is -0.762. The van der Waals surface area contributed by atoms with Gasteiger partial charge in [-0.2, -0.15) is 0 Å². The molecule has 94 valence electrons. The zero-order valence-corrected chi connectivity index (χ0v) is 11.1. The van der Waals surface area contributed by atoms with Gasteiger partial charge in [0.1, 0.15) is 0 Å². The number of rotatable bonds is 4. The van der Waals surface area contributed by atoms with E-state index in [2.05, 4.69) is 23.7 Å². The third kappa shape index (κ3) is 3.19. The first-order chi connectivity index (χ1) is 7.96. The molecule has 0 bridgehead atoms. The van der Waals surface area contributed by atoms with E-state index in [0.29, 0.717) is 11.8 Å². The van der Waals surface area contributed by atoms with Gasteiger partial charge in [-0.25, -0.2) is 4.98 Å². The number of carboxylic acids is 1. The van der Waals surface area contributed by atoms with E-state index in [0.717, 1.165) is 23.9 Å². The Bertz CT molecular complexity index is 414. The predicted molar refractivity (Wildman–Crippen MR) is 68.7 cm³/mol. The Morgan fingerprint density at radius 3 is 3.00 bits per heavy atom. The molecule has 1 fully saturated rings. The summed E-state index contributed by atoms with van der Waals surface area (Å²) in [5.41, 5.74) is 1.27. The summed E-state index contributed by atoms with van der Waals surface area (Å²) in [6.07, 6.45) is 1.88. The molecule has 0 unspecified atom stereocenters. The maximum atomic E-state index is 10.5. The van der Waals surface area contributed by atoms with Gasteiger partial charge in [0.2, 0.25) is 0 Å². The number of nitrogens with zero attached hydrogens (tertiary/aromatic N) is 2. The average molecular weight is 254 g/mol. The fraction of sp³-hybridized carbons (Fsp3) is 0.667. The molecule has 2 rings (SSSR count). The molecule has 1 aromatic heterocycles. The van der Waals surface area contributed by atoms with Crippen LogP contribution in [0.4, 0.5) is 5.13 Å². The normalized spacial score (nSPS) is 18.6. The van der Waals surface area contributed by atoms with Crippen LogP contribution in [-0.4, -0.2) is 29.1 Å². The molecule has 1 saturated heterocycles. The molecular formula is C12H18N2O2S. The van der Waals surface area contributed by atoms with Gasteiger partial charge in [-0.3, -0.25) is 4.79 Å². The first-order valence-electron chi connectivity index (χ1n) is 5.87. The second-order valence-electron chi connectivity index (χ2n) is 5.35. The van der Waals surface area contributed by atoms with Crippen molar-refractivity contribution in [1.82, 2.24) is 4.98 Å². The number of thiazole rings is 1. The number of carbonyl (C=O) groups is 1. The SMILES string of the molecule is CC1(C)CCN(c2nc(CCC(=O)O)cs2)C1. The lowest BCUT2D eigenvalue weighted by atomic mass is 9.93. The van der Waals surface area contributed by atoms with Crippen molar-refractivity contribution in [2.45, 2.75) is 33.1 Å².